The Kier molecular flexibility index (Phi) is 11.1. The fourth-order valence-electron chi connectivity index (χ4n) is 4.03. The average molecular weight is 506 g/mol. The lowest BCUT2D eigenvalue weighted by Gasteiger charge is -2.48. The Morgan fingerprint density at radius 2 is 1.47 bits per heavy atom. The molecule has 2 saturated heterocycles. The number of hydrogen-bond acceptors (Lipinski definition) is 7. The van der Waals surface area contributed by atoms with Crippen molar-refractivity contribution >= 4 is 11.9 Å². The molecule has 3 rings (SSSR count). The molecule has 0 amide bonds. The number of aromatic nitrogens is 4. The van der Waals surface area contributed by atoms with Gasteiger partial charge in [-0.25, -0.2) is 14.3 Å². The first kappa shape index (κ1) is 29.5. The number of carbonyl (C=O) groups is 2. The summed E-state index contributed by atoms with van der Waals surface area (Å²) >= 11 is 0. The van der Waals surface area contributed by atoms with Crippen LogP contribution in [0, 0.1) is 5.41 Å². The molecule has 1 atom stereocenters. The monoisotopic (exact) mass is 506 g/mol. The van der Waals surface area contributed by atoms with Crippen molar-refractivity contribution in [2.24, 2.45) is 5.41 Å². The van der Waals surface area contributed by atoms with Gasteiger partial charge in [0, 0.05) is 19.6 Å². The maximum Gasteiger partial charge on any atom is 0.490 e. The lowest BCUT2D eigenvalue weighted by Crippen LogP contribution is -2.51. The van der Waals surface area contributed by atoms with Crippen LogP contribution in [0.4, 0.5) is 26.3 Å². The second-order valence-corrected chi connectivity index (χ2v) is 8.25. The van der Waals surface area contributed by atoms with E-state index in [4.69, 9.17) is 19.8 Å². The molecule has 1 aromatic rings. The highest BCUT2D eigenvalue weighted by atomic mass is 19.4. The van der Waals surface area contributed by atoms with Gasteiger partial charge >= 0.3 is 24.3 Å². The number of halogens is 6. The van der Waals surface area contributed by atoms with Crippen molar-refractivity contribution in [2.75, 3.05) is 39.8 Å². The molecule has 10 nitrogen and oxygen atoms in total. The van der Waals surface area contributed by atoms with Crippen LogP contribution in [0.2, 0.25) is 0 Å². The molecule has 0 bridgehead atoms. The SMILES string of the molecule is CN1CCCC2(CCCN(CCCn3cnnn3)C2)C1.O=C(O)C(F)(F)F.O=C(O)C(F)(F)F. The van der Waals surface area contributed by atoms with Gasteiger partial charge in [-0.3, -0.25) is 0 Å². The van der Waals surface area contributed by atoms with Gasteiger partial charge < -0.3 is 20.0 Å². The first-order valence-corrected chi connectivity index (χ1v) is 10.4. The average Bonchev–Trinajstić information content (AvgIpc) is 3.21. The van der Waals surface area contributed by atoms with E-state index in [1.54, 1.807) is 6.33 Å². The van der Waals surface area contributed by atoms with Gasteiger partial charge in [0.1, 0.15) is 6.33 Å². The maximum absolute atomic E-state index is 10.6. The Balaban J connectivity index is 0.000000343. The van der Waals surface area contributed by atoms with Gasteiger partial charge in [0.15, 0.2) is 0 Å². The number of tetrazole rings is 1. The van der Waals surface area contributed by atoms with Crippen LogP contribution in [0.5, 0.6) is 0 Å². The van der Waals surface area contributed by atoms with Crippen molar-refractivity contribution in [1.29, 1.82) is 0 Å². The standard InChI is InChI=1S/C14H26N6.2C2HF3O2/c1-18-7-2-5-14(11-18)6-3-8-19(12-14)9-4-10-20-13-15-16-17-20;2*3-2(4,5)1(6)7/h13H,2-12H2,1H3;2*(H,6,7). The van der Waals surface area contributed by atoms with Crippen LogP contribution in [0.15, 0.2) is 6.33 Å². The van der Waals surface area contributed by atoms with Crippen molar-refractivity contribution in [3.63, 3.8) is 0 Å². The number of hydrogen-bond donors (Lipinski definition) is 2. The number of alkyl halides is 6. The van der Waals surface area contributed by atoms with Crippen LogP contribution in [0.25, 0.3) is 0 Å². The third-order valence-corrected chi connectivity index (χ3v) is 5.33. The molecule has 1 aromatic heterocycles. The van der Waals surface area contributed by atoms with Crippen molar-refractivity contribution in [3.8, 4) is 0 Å². The van der Waals surface area contributed by atoms with Crippen LogP contribution in [-0.2, 0) is 16.1 Å². The van der Waals surface area contributed by atoms with Gasteiger partial charge in [-0.05, 0) is 74.6 Å². The second kappa shape index (κ2) is 12.8. The first-order chi connectivity index (χ1) is 15.6. The molecule has 34 heavy (non-hydrogen) atoms. The van der Waals surface area contributed by atoms with E-state index >= 15 is 0 Å². The van der Waals surface area contributed by atoms with Crippen LogP contribution >= 0.6 is 0 Å². The predicted molar refractivity (Wildman–Crippen MR) is 105 cm³/mol. The zero-order valence-corrected chi connectivity index (χ0v) is 18.5. The van der Waals surface area contributed by atoms with E-state index < -0.39 is 24.3 Å². The predicted octanol–water partition coefficient (Wildman–Crippen LogP) is 2.14. The van der Waals surface area contributed by atoms with E-state index in [2.05, 4.69) is 32.4 Å². The van der Waals surface area contributed by atoms with Crippen molar-refractivity contribution in [3.05, 3.63) is 6.33 Å². The van der Waals surface area contributed by atoms with Gasteiger partial charge in [-0.2, -0.15) is 26.3 Å². The minimum absolute atomic E-state index is 0.570. The number of aliphatic carboxylic acids is 2. The number of carboxylic acid groups (broad SMARTS) is 2. The molecule has 0 saturated carbocycles. The van der Waals surface area contributed by atoms with Crippen LogP contribution in [0.1, 0.15) is 32.1 Å². The van der Waals surface area contributed by atoms with Gasteiger partial charge in [0.05, 0.1) is 0 Å². The van der Waals surface area contributed by atoms with Crippen LogP contribution < -0.4 is 0 Å². The number of nitrogens with zero attached hydrogens (tertiary/aromatic N) is 6. The summed E-state index contributed by atoms with van der Waals surface area (Å²) in [5.74, 6) is -5.51. The second-order valence-electron chi connectivity index (χ2n) is 8.25. The molecule has 3 heterocycles. The number of piperidine rings is 2. The van der Waals surface area contributed by atoms with Crippen molar-refractivity contribution < 1.29 is 46.1 Å². The Bertz CT molecular complexity index is 733. The Morgan fingerprint density at radius 1 is 0.941 bits per heavy atom. The van der Waals surface area contributed by atoms with E-state index in [9.17, 15) is 26.3 Å². The van der Waals surface area contributed by atoms with Gasteiger partial charge in [0.25, 0.3) is 0 Å². The van der Waals surface area contributed by atoms with E-state index in [0.29, 0.717) is 5.41 Å². The fourth-order valence-corrected chi connectivity index (χ4v) is 4.03. The third-order valence-electron chi connectivity index (χ3n) is 5.33. The van der Waals surface area contributed by atoms with Gasteiger partial charge in [0.2, 0.25) is 0 Å². The van der Waals surface area contributed by atoms with Crippen LogP contribution in [-0.4, -0.2) is 104 Å². The molecule has 196 valence electrons. The number of aryl methyl sites for hydroxylation is 1. The summed E-state index contributed by atoms with van der Waals surface area (Å²) in [6.07, 6.45) is -1.76. The zero-order chi connectivity index (χ0) is 26.0. The molecule has 0 aromatic carbocycles. The van der Waals surface area contributed by atoms with Crippen molar-refractivity contribution in [2.45, 2.75) is 51.0 Å². The van der Waals surface area contributed by atoms with E-state index in [1.165, 1.54) is 58.4 Å². The number of rotatable bonds is 4. The van der Waals surface area contributed by atoms with E-state index in [0.717, 1.165) is 13.0 Å². The molecule has 0 radical (unpaired) electrons. The molecule has 2 N–H and O–H groups in total. The summed E-state index contributed by atoms with van der Waals surface area (Å²) in [4.78, 5) is 23.0. The fraction of sp³-hybridized carbons (Fsp3) is 0.833. The first-order valence-electron chi connectivity index (χ1n) is 10.4. The molecule has 16 heteroatoms. The third kappa shape index (κ3) is 11.1. The highest BCUT2D eigenvalue weighted by Crippen LogP contribution is 2.37. The summed E-state index contributed by atoms with van der Waals surface area (Å²) in [6, 6.07) is 0. The van der Waals surface area contributed by atoms with E-state index in [-0.39, 0.29) is 0 Å². The molecule has 1 unspecified atom stereocenters. The van der Waals surface area contributed by atoms with Crippen molar-refractivity contribution in [1.82, 2.24) is 30.0 Å². The summed E-state index contributed by atoms with van der Waals surface area (Å²) < 4.78 is 65.3. The Hall–Kier alpha value is -2.49. The normalized spacial score (nSPS) is 21.7. The quantitative estimate of drug-likeness (QED) is 0.591. The Morgan fingerprint density at radius 3 is 1.91 bits per heavy atom. The molecule has 2 aliphatic rings. The summed E-state index contributed by atoms with van der Waals surface area (Å²) in [7, 11) is 2.28. The lowest BCUT2D eigenvalue weighted by molar-refractivity contribution is -0.193. The largest absolute Gasteiger partial charge is 0.490 e. The summed E-state index contributed by atoms with van der Waals surface area (Å²) in [5, 5.41) is 25.5. The topological polar surface area (TPSA) is 125 Å². The smallest absolute Gasteiger partial charge is 0.475 e. The number of likely N-dealkylation sites (tertiary alicyclic amines) is 2. The maximum atomic E-state index is 10.6. The minimum atomic E-state index is -5.08. The van der Waals surface area contributed by atoms with Gasteiger partial charge in [-0.1, -0.05) is 0 Å². The molecular weight excluding hydrogens is 478 g/mol. The molecule has 2 aliphatic heterocycles. The molecule has 1 spiro atoms. The van der Waals surface area contributed by atoms with E-state index in [1.807, 2.05) is 4.68 Å². The zero-order valence-electron chi connectivity index (χ0n) is 18.5. The molecule has 0 aliphatic carbocycles. The molecule has 2 fully saturated rings. The lowest BCUT2D eigenvalue weighted by atomic mass is 9.74. The summed E-state index contributed by atoms with van der Waals surface area (Å²) in [5.41, 5.74) is 0.570. The number of carboxylic acids is 2. The Labute approximate surface area is 191 Å². The van der Waals surface area contributed by atoms with Gasteiger partial charge in [-0.15, -0.1) is 5.10 Å². The minimum Gasteiger partial charge on any atom is -0.475 e. The molecular formula is C18H28F6N6O4. The highest BCUT2D eigenvalue weighted by molar-refractivity contribution is 5.73. The highest BCUT2D eigenvalue weighted by Gasteiger charge is 2.39. The summed E-state index contributed by atoms with van der Waals surface area (Å²) in [6.45, 7) is 7.22. The van der Waals surface area contributed by atoms with Crippen LogP contribution in [0.3, 0.4) is 0 Å².